The third-order valence-corrected chi connectivity index (χ3v) is 6.91. The molecule has 0 N–H and O–H groups in total. The molecule has 0 atom stereocenters. The quantitative estimate of drug-likeness (QED) is 0.706. The molecule has 3 aliphatic rings. The average molecular weight is 447 g/mol. The first kappa shape index (κ1) is 20.7. The van der Waals surface area contributed by atoms with E-state index in [1.807, 2.05) is 31.2 Å². The van der Waals surface area contributed by atoms with E-state index in [2.05, 4.69) is 9.39 Å². The minimum atomic E-state index is -3.57. The summed E-state index contributed by atoms with van der Waals surface area (Å²) in [6.45, 7) is 3.31. The number of hydrogen-bond acceptors (Lipinski definition) is 7. The zero-order valence-corrected chi connectivity index (χ0v) is 18.2. The fourth-order valence-corrected chi connectivity index (χ4v) is 5.20. The molecule has 1 aromatic carbocycles. The molecule has 3 aliphatic heterocycles. The van der Waals surface area contributed by atoms with Crippen LogP contribution in [0.15, 0.2) is 57.6 Å². The number of thioether (sulfide) groups is 1. The Bertz CT molecular complexity index is 1060. The lowest BCUT2D eigenvalue weighted by Gasteiger charge is -2.33. The Morgan fingerprint density at radius 2 is 2.07 bits per heavy atom. The number of allylic oxidation sites excluding steroid dienone is 2. The number of aliphatic imine (C=N–C) groups is 1. The van der Waals surface area contributed by atoms with E-state index in [-0.39, 0.29) is 29.6 Å². The largest absolute Gasteiger partial charge is 0.494 e. The number of amidine groups is 2. The number of fused-ring (bicyclic) bond motifs is 1. The van der Waals surface area contributed by atoms with Crippen molar-refractivity contribution in [2.24, 2.45) is 9.39 Å². The van der Waals surface area contributed by atoms with Crippen molar-refractivity contribution in [3.63, 3.8) is 0 Å². The highest BCUT2D eigenvalue weighted by Gasteiger charge is 2.34. The lowest BCUT2D eigenvalue weighted by atomic mass is 10.1. The first-order valence-electron chi connectivity index (χ1n) is 9.71. The molecule has 10 heteroatoms. The molecule has 8 nitrogen and oxygen atoms in total. The molecule has 0 saturated carbocycles. The monoisotopic (exact) mass is 446 g/mol. The van der Waals surface area contributed by atoms with Gasteiger partial charge >= 0.3 is 0 Å². The van der Waals surface area contributed by atoms with Crippen molar-refractivity contribution in [2.45, 2.75) is 13.3 Å². The molecule has 30 heavy (non-hydrogen) atoms. The van der Waals surface area contributed by atoms with E-state index in [0.29, 0.717) is 18.3 Å². The van der Waals surface area contributed by atoms with Gasteiger partial charge in [-0.3, -0.25) is 9.69 Å². The normalized spacial score (nSPS) is 21.7. The Morgan fingerprint density at radius 1 is 1.27 bits per heavy atom. The smallest absolute Gasteiger partial charge is 0.263 e. The highest BCUT2D eigenvalue weighted by atomic mass is 32.2. The van der Waals surface area contributed by atoms with Crippen LogP contribution < -0.4 is 4.74 Å². The van der Waals surface area contributed by atoms with Crippen molar-refractivity contribution >= 4 is 44.4 Å². The van der Waals surface area contributed by atoms with Crippen LogP contribution >= 0.6 is 11.8 Å². The summed E-state index contributed by atoms with van der Waals surface area (Å²) >= 11 is 1.51. The Kier molecular flexibility index (Phi) is 5.96. The fraction of sp³-hybridized carbons (Fsp3) is 0.350. The van der Waals surface area contributed by atoms with Gasteiger partial charge in [0.25, 0.3) is 15.9 Å². The van der Waals surface area contributed by atoms with E-state index in [9.17, 15) is 13.2 Å². The average Bonchev–Trinajstić information content (AvgIpc) is 2.74. The Labute approximate surface area is 180 Å². The van der Waals surface area contributed by atoms with E-state index in [4.69, 9.17) is 4.74 Å². The molecular weight excluding hydrogens is 424 g/mol. The zero-order chi connectivity index (χ0) is 21.1. The van der Waals surface area contributed by atoms with Crippen LogP contribution in [-0.2, 0) is 14.8 Å². The second-order valence-corrected chi connectivity index (χ2v) is 9.61. The number of nitrogens with zero attached hydrogens (tertiary/aromatic N) is 4. The van der Waals surface area contributed by atoms with Crippen LogP contribution in [-0.4, -0.2) is 66.3 Å². The third-order valence-electron chi connectivity index (χ3n) is 4.69. The molecule has 0 radical (unpaired) electrons. The van der Waals surface area contributed by atoms with Crippen molar-refractivity contribution in [1.29, 1.82) is 0 Å². The van der Waals surface area contributed by atoms with Crippen LogP contribution in [0.2, 0.25) is 0 Å². The van der Waals surface area contributed by atoms with Gasteiger partial charge in [-0.2, -0.15) is 0 Å². The van der Waals surface area contributed by atoms with Gasteiger partial charge < -0.3 is 9.64 Å². The summed E-state index contributed by atoms with van der Waals surface area (Å²) in [6.07, 6.45) is 5.93. The zero-order valence-electron chi connectivity index (χ0n) is 16.5. The minimum absolute atomic E-state index is 0.0632. The Hall–Kier alpha value is -2.59. The summed E-state index contributed by atoms with van der Waals surface area (Å²) in [5, 5.41) is 0.594. The molecule has 158 valence electrons. The number of amides is 1. The maximum atomic E-state index is 13.4. The number of benzene rings is 1. The van der Waals surface area contributed by atoms with Crippen molar-refractivity contribution in [1.82, 2.24) is 9.80 Å². The van der Waals surface area contributed by atoms with E-state index in [1.54, 1.807) is 28.2 Å². The molecular formula is C20H22N4O4S2. The van der Waals surface area contributed by atoms with Crippen LogP contribution in [0.25, 0.3) is 0 Å². The van der Waals surface area contributed by atoms with Gasteiger partial charge in [-0.05, 0) is 49.8 Å². The summed E-state index contributed by atoms with van der Waals surface area (Å²) in [7, 11) is -3.57. The summed E-state index contributed by atoms with van der Waals surface area (Å²) < 4.78 is 33.3. The first-order chi connectivity index (χ1) is 14.5. The van der Waals surface area contributed by atoms with Gasteiger partial charge in [0.05, 0.1) is 23.6 Å². The van der Waals surface area contributed by atoms with Gasteiger partial charge in [0, 0.05) is 25.0 Å². The molecule has 1 aromatic rings. The van der Waals surface area contributed by atoms with Crippen LogP contribution in [0.1, 0.15) is 13.3 Å². The fourth-order valence-electron chi connectivity index (χ4n) is 3.26. The molecule has 4 rings (SSSR count). The molecule has 3 heterocycles. The van der Waals surface area contributed by atoms with Crippen LogP contribution in [0.3, 0.4) is 0 Å². The molecule has 1 saturated heterocycles. The predicted octanol–water partition coefficient (Wildman–Crippen LogP) is 2.54. The van der Waals surface area contributed by atoms with Crippen LogP contribution in [0, 0.1) is 0 Å². The number of sulfonamides is 1. The molecule has 0 bridgehead atoms. The van der Waals surface area contributed by atoms with Gasteiger partial charge in [0.15, 0.2) is 11.0 Å². The van der Waals surface area contributed by atoms with Gasteiger partial charge in [-0.25, -0.2) is 13.4 Å². The van der Waals surface area contributed by atoms with E-state index >= 15 is 0 Å². The SMILES string of the molecule is CCOc1ccc(N=C2SCCCN2C(=O)C2=CC=CN3CCS(=O)(=O)N=C23)cc1. The standard InChI is InChI=1S/C20H22N4O4S2/c1-2-28-16-8-6-15(7-9-16)21-20-24(11-4-13-29-20)19(25)17-5-3-10-23-12-14-30(26,27)22-18(17)23/h3,5-10H,2,4,11-14H2,1H3. The van der Waals surface area contributed by atoms with Gasteiger partial charge in [0.2, 0.25) is 0 Å². The summed E-state index contributed by atoms with van der Waals surface area (Å²) in [5.41, 5.74) is 0.986. The number of hydrogen-bond donors (Lipinski definition) is 0. The predicted molar refractivity (Wildman–Crippen MR) is 119 cm³/mol. The van der Waals surface area contributed by atoms with E-state index < -0.39 is 10.0 Å². The second-order valence-electron chi connectivity index (χ2n) is 6.80. The highest BCUT2D eigenvalue weighted by molar-refractivity contribution is 8.13. The summed E-state index contributed by atoms with van der Waals surface area (Å²) in [5.74, 6) is 1.45. The second kappa shape index (κ2) is 8.65. The molecule has 1 fully saturated rings. The highest BCUT2D eigenvalue weighted by Crippen LogP contribution is 2.27. The Morgan fingerprint density at radius 3 is 2.83 bits per heavy atom. The van der Waals surface area contributed by atoms with Crippen molar-refractivity contribution in [3.8, 4) is 5.75 Å². The third kappa shape index (κ3) is 4.44. The van der Waals surface area contributed by atoms with Crippen LogP contribution in [0.5, 0.6) is 5.75 Å². The number of carbonyl (C=O) groups excluding carboxylic acids is 1. The molecule has 0 unspecified atom stereocenters. The first-order valence-corrected chi connectivity index (χ1v) is 12.3. The lowest BCUT2D eigenvalue weighted by molar-refractivity contribution is -0.122. The van der Waals surface area contributed by atoms with Gasteiger partial charge in [-0.15, -0.1) is 4.40 Å². The Balaban J connectivity index is 1.62. The van der Waals surface area contributed by atoms with Crippen LogP contribution in [0.4, 0.5) is 5.69 Å². The maximum Gasteiger partial charge on any atom is 0.263 e. The molecule has 0 spiro atoms. The molecule has 0 aliphatic carbocycles. The number of rotatable bonds is 4. The maximum absolute atomic E-state index is 13.4. The molecule has 0 aromatic heterocycles. The topological polar surface area (TPSA) is 91.6 Å². The van der Waals surface area contributed by atoms with Gasteiger partial charge in [-0.1, -0.05) is 11.8 Å². The summed E-state index contributed by atoms with van der Waals surface area (Å²) in [6, 6.07) is 7.38. The summed E-state index contributed by atoms with van der Waals surface area (Å²) in [4.78, 5) is 21.3. The lowest BCUT2D eigenvalue weighted by Crippen LogP contribution is -2.46. The molecule has 1 amide bonds. The van der Waals surface area contributed by atoms with Crippen molar-refractivity contribution < 1.29 is 17.9 Å². The van der Waals surface area contributed by atoms with E-state index in [0.717, 1.165) is 23.6 Å². The van der Waals surface area contributed by atoms with Crippen molar-refractivity contribution in [3.05, 3.63) is 48.2 Å². The minimum Gasteiger partial charge on any atom is -0.494 e. The number of ether oxygens (including phenoxy) is 1. The van der Waals surface area contributed by atoms with Gasteiger partial charge in [0.1, 0.15) is 5.75 Å². The van der Waals surface area contributed by atoms with E-state index in [1.165, 1.54) is 11.8 Å². The number of carbonyl (C=O) groups is 1. The van der Waals surface area contributed by atoms with Crippen molar-refractivity contribution in [2.75, 3.05) is 31.2 Å².